The summed E-state index contributed by atoms with van der Waals surface area (Å²) in [6, 6.07) is 8.09. The summed E-state index contributed by atoms with van der Waals surface area (Å²) in [5.74, 6) is 1.79. The number of ether oxygens (including phenoxy) is 3. The third kappa shape index (κ3) is 3.36. The lowest BCUT2D eigenvalue weighted by molar-refractivity contribution is -0.0102. The van der Waals surface area contributed by atoms with Crippen LogP contribution in [0.15, 0.2) is 35.6 Å². The molecule has 0 N–H and O–H groups in total. The van der Waals surface area contributed by atoms with Crippen LogP contribution in [-0.2, 0) is 9.47 Å². The van der Waals surface area contributed by atoms with Gasteiger partial charge < -0.3 is 19.1 Å². The third-order valence-corrected chi connectivity index (χ3v) is 5.48. The number of aromatic nitrogens is 2. The number of aliphatic imine (C=N–C) groups is 1. The second kappa shape index (κ2) is 6.83. The molecule has 146 valence electrons. The highest BCUT2D eigenvalue weighted by Gasteiger charge is 2.40. The summed E-state index contributed by atoms with van der Waals surface area (Å²) in [4.78, 5) is 15.8. The van der Waals surface area contributed by atoms with Gasteiger partial charge in [-0.25, -0.2) is 15.0 Å². The molecule has 5 rings (SSSR count). The lowest BCUT2D eigenvalue weighted by atomic mass is 9.98. The van der Waals surface area contributed by atoms with Crippen molar-refractivity contribution < 1.29 is 14.2 Å². The van der Waals surface area contributed by atoms with Crippen LogP contribution < -0.4 is 9.64 Å². The summed E-state index contributed by atoms with van der Waals surface area (Å²) in [5.41, 5.74) is 3.81. The average molecular weight is 380 g/mol. The summed E-state index contributed by atoms with van der Waals surface area (Å²) < 4.78 is 17.1. The molecule has 0 bridgehead atoms. The van der Waals surface area contributed by atoms with Crippen molar-refractivity contribution in [2.45, 2.75) is 31.5 Å². The van der Waals surface area contributed by atoms with Gasteiger partial charge in [0.2, 0.25) is 0 Å². The van der Waals surface area contributed by atoms with Crippen molar-refractivity contribution >= 4 is 17.2 Å². The fraction of sp³-hybridized carbons (Fsp3) is 0.476. The Morgan fingerprint density at radius 2 is 2.14 bits per heavy atom. The molecular weight excluding hydrogens is 356 g/mol. The van der Waals surface area contributed by atoms with E-state index >= 15 is 0 Å². The van der Waals surface area contributed by atoms with Gasteiger partial charge in [0.1, 0.15) is 23.5 Å². The van der Waals surface area contributed by atoms with E-state index in [1.54, 1.807) is 13.4 Å². The van der Waals surface area contributed by atoms with Crippen LogP contribution in [0.4, 0.5) is 11.5 Å². The van der Waals surface area contributed by atoms with Crippen molar-refractivity contribution in [3.05, 3.63) is 41.9 Å². The number of benzene rings is 1. The molecule has 3 aliphatic rings. The minimum Gasteiger partial charge on any atom is -0.488 e. The van der Waals surface area contributed by atoms with Crippen molar-refractivity contribution in [3.8, 4) is 5.75 Å². The first-order valence-corrected chi connectivity index (χ1v) is 9.74. The van der Waals surface area contributed by atoms with Gasteiger partial charge >= 0.3 is 0 Å². The minimum absolute atomic E-state index is 0.00640. The molecule has 0 amide bonds. The molecule has 2 aromatic rings. The first-order chi connectivity index (χ1) is 13.6. The molecule has 7 nitrogen and oxygen atoms in total. The number of methoxy groups -OCH3 is 1. The quantitative estimate of drug-likeness (QED) is 0.655. The maximum atomic E-state index is 6.10. The zero-order valence-corrected chi connectivity index (χ0v) is 16.2. The van der Waals surface area contributed by atoms with Crippen LogP contribution in [-0.4, -0.2) is 60.8 Å². The predicted octanol–water partition coefficient (Wildman–Crippen LogP) is 2.74. The van der Waals surface area contributed by atoms with Crippen LogP contribution in [0.3, 0.4) is 0 Å². The van der Waals surface area contributed by atoms with Gasteiger partial charge in [0.15, 0.2) is 0 Å². The molecule has 2 aliphatic heterocycles. The molecule has 1 unspecified atom stereocenters. The number of nitrogens with zero attached hydrogens (tertiary/aromatic N) is 4. The zero-order chi connectivity index (χ0) is 19.1. The summed E-state index contributed by atoms with van der Waals surface area (Å²) in [6.07, 6.45) is 3.90. The van der Waals surface area contributed by atoms with E-state index in [1.807, 2.05) is 18.2 Å². The number of fused-ring (bicyclic) bond motifs is 1. The van der Waals surface area contributed by atoms with Crippen LogP contribution in [0.5, 0.6) is 5.75 Å². The molecule has 1 saturated carbocycles. The Balaban J connectivity index is 1.35. The lowest BCUT2D eigenvalue weighted by Gasteiger charge is -2.33. The molecule has 7 heteroatoms. The molecule has 3 heterocycles. The topological polar surface area (TPSA) is 69.1 Å². The van der Waals surface area contributed by atoms with E-state index in [1.165, 1.54) is 0 Å². The Morgan fingerprint density at radius 3 is 2.96 bits per heavy atom. The normalized spacial score (nSPS) is 22.1. The Morgan fingerprint density at radius 1 is 1.25 bits per heavy atom. The predicted molar refractivity (Wildman–Crippen MR) is 106 cm³/mol. The van der Waals surface area contributed by atoms with E-state index in [0.717, 1.165) is 60.2 Å². The van der Waals surface area contributed by atoms with Gasteiger partial charge in [0.25, 0.3) is 0 Å². The van der Waals surface area contributed by atoms with Crippen molar-refractivity contribution in [3.63, 3.8) is 0 Å². The highest BCUT2D eigenvalue weighted by Crippen LogP contribution is 2.42. The number of hydrogen-bond acceptors (Lipinski definition) is 7. The fourth-order valence-corrected chi connectivity index (χ4v) is 3.62. The van der Waals surface area contributed by atoms with Crippen molar-refractivity contribution in [1.29, 1.82) is 0 Å². The van der Waals surface area contributed by atoms with Gasteiger partial charge in [-0.05, 0) is 38.0 Å². The highest BCUT2D eigenvalue weighted by molar-refractivity contribution is 6.21. The van der Waals surface area contributed by atoms with Crippen molar-refractivity contribution in [2.24, 2.45) is 4.99 Å². The Kier molecular flexibility index (Phi) is 4.29. The van der Waals surface area contributed by atoms with Crippen LogP contribution in [0.2, 0.25) is 0 Å². The average Bonchev–Trinajstić information content (AvgIpc) is 3.42. The van der Waals surface area contributed by atoms with Gasteiger partial charge in [-0.2, -0.15) is 0 Å². The SMILES string of the molecule is COCC1CN(c2cc(C3=Nc4ccc(OC5(C)CC5)cc43)ncn2)CCO1. The highest BCUT2D eigenvalue weighted by atomic mass is 16.5. The second-order valence-electron chi connectivity index (χ2n) is 7.85. The number of rotatable bonds is 6. The van der Waals surface area contributed by atoms with Crippen molar-refractivity contribution in [2.75, 3.05) is 38.3 Å². The third-order valence-electron chi connectivity index (χ3n) is 5.48. The molecule has 0 radical (unpaired) electrons. The smallest absolute Gasteiger partial charge is 0.132 e. The largest absolute Gasteiger partial charge is 0.488 e. The number of anilines is 1. The van der Waals surface area contributed by atoms with Crippen LogP contribution >= 0.6 is 0 Å². The molecule has 28 heavy (non-hydrogen) atoms. The monoisotopic (exact) mass is 380 g/mol. The van der Waals surface area contributed by atoms with E-state index in [9.17, 15) is 0 Å². The summed E-state index contributed by atoms with van der Waals surface area (Å²) in [5, 5.41) is 0. The second-order valence-corrected chi connectivity index (χ2v) is 7.85. The maximum Gasteiger partial charge on any atom is 0.132 e. The zero-order valence-electron chi connectivity index (χ0n) is 16.2. The van der Waals surface area contributed by atoms with Crippen LogP contribution in [0.1, 0.15) is 31.0 Å². The molecule has 1 aromatic carbocycles. The van der Waals surface area contributed by atoms with E-state index in [4.69, 9.17) is 14.2 Å². The summed E-state index contributed by atoms with van der Waals surface area (Å²) >= 11 is 0. The maximum absolute atomic E-state index is 6.10. The first kappa shape index (κ1) is 17.6. The van der Waals surface area contributed by atoms with E-state index in [0.29, 0.717) is 13.2 Å². The first-order valence-electron chi connectivity index (χ1n) is 9.74. The molecule has 2 fully saturated rings. The van der Waals surface area contributed by atoms with E-state index < -0.39 is 0 Å². The summed E-state index contributed by atoms with van der Waals surface area (Å²) in [6.45, 7) is 4.95. The molecule has 1 saturated heterocycles. The molecular formula is C21H24N4O3. The Bertz CT molecular complexity index is 924. The number of hydrogen-bond donors (Lipinski definition) is 0. The fourth-order valence-electron chi connectivity index (χ4n) is 3.62. The van der Waals surface area contributed by atoms with Gasteiger partial charge in [0.05, 0.1) is 36.4 Å². The molecule has 1 aromatic heterocycles. The summed E-state index contributed by atoms with van der Waals surface area (Å²) in [7, 11) is 1.69. The molecule has 0 spiro atoms. The standard InChI is InChI=1S/C21H24N4O3/c1-21(5-6-21)28-14-3-4-17-16(9-14)20(24-17)18-10-19(23-13-22-18)25-7-8-27-15(11-25)12-26-2/h3-4,9-10,13,15H,5-8,11-12H2,1-2H3. The van der Waals surface area contributed by atoms with Crippen LogP contribution in [0.25, 0.3) is 0 Å². The van der Waals surface area contributed by atoms with Gasteiger partial charge in [-0.15, -0.1) is 0 Å². The van der Waals surface area contributed by atoms with Crippen molar-refractivity contribution in [1.82, 2.24) is 9.97 Å². The molecule has 1 aliphatic carbocycles. The van der Waals surface area contributed by atoms with E-state index in [2.05, 4.69) is 32.9 Å². The number of morpholine rings is 1. The minimum atomic E-state index is 0.00640. The van der Waals surface area contributed by atoms with Gasteiger partial charge in [0, 0.05) is 31.8 Å². The van der Waals surface area contributed by atoms with Crippen LogP contribution in [0, 0.1) is 0 Å². The van der Waals surface area contributed by atoms with Gasteiger partial charge in [-0.3, -0.25) is 0 Å². The lowest BCUT2D eigenvalue weighted by Crippen LogP contribution is -2.44. The molecule has 1 atom stereocenters. The van der Waals surface area contributed by atoms with Gasteiger partial charge in [-0.1, -0.05) is 0 Å². The van der Waals surface area contributed by atoms with E-state index in [-0.39, 0.29) is 11.7 Å². The Hall–Kier alpha value is -2.51. The Labute approximate surface area is 164 Å².